The van der Waals surface area contributed by atoms with E-state index in [1.165, 1.54) is 29.8 Å². The van der Waals surface area contributed by atoms with E-state index in [1.807, 2.05) is 0 Å². The molecule has 25 heavy (non-hydrogen) atoms. The Hall–Kier alpha value is -1.80. The molecule has 0 saturated carbocycles. The van der Waals surface area contributed by atoms with E-state index in [2.05, 4.69) is 85.2 Å². The van der Waals surface area contributed by atoms with Crippen LogP contribution >= 0.6 is 0 Å². The van der Waals surface area contributed by atoms with Crippen molar-refractivity contribution in [3.05, 3.63) is 65.7 Å². The van der Waals surface area contributed by atoms with Crippen molar-refractivity contribution in [3.8, 4) is 0 Å². The second-order valence-electron chi connectivity index (χ2n) is 7.12. The molecule has 1 unspecified atom stereocenters. The van der Waals surface area contributed by atoms with Gasteiger partial charge in [0.15, 0.2) is 0 Å². The first-order chi connectivity index (χ1) is 12.2. The summed E-state index contributed by atoms with van der Waals surface area (Å²) in [4.78, 5) is 5.14. The molecule has 1 aliphatic rings. The molecule has 1 atom stereocenters. The average molecular weight is 337 g/mol. The zero-order valence-corrected chi connectivity index (χ0v) is 16.0. The number of para-hydroxylation sites is 1. The van der Waals surface area contributed by atoms with Crippen molar-refractivity contribution < 1.29 is 0 Å². The molecule has 0 spiro atoms. The second kappa shape index (κ2) is 8.05. The van der Waals surface area contributed by atoms with Gasteiger partial charge in [-0.3, -0.25) is 0 Å². The predicted molar refractivity (Wildman–Crippen MR) is 109 cm³/mol. The topological polar surface area (TPSA) is 6.48 Å². The minimum absolute atomic E-state index is 0.132. The zero-order chi connectivity index (χ0) is 17.7. The number of fused-ring (bicyclic) bond motifs is 1. The maximum atomic E-state index is 2.62. The van der Waals surface area contributed by atoms with Gasteiger partial charge in [-0.25, -0.2) is 0 Å². The fourth-order valence-electron chi connectivity index (χ4n) is 4.39. The first-order valence-electron chi connectivity index (χ1n) is 9.87. The van der Waals surface area contributed by atoms with E-state index >= 15 is 0 Å². The Morgan fingerprint density at radius 1 is 0.920 bits per heavy atom. The first kappa shape index (κ1) is 18.0. The van der Waals surface area contributed by atoms with Gasteiger partial charge in [-0.05, 0) is 49.7 Å². The van der Waals surface area contributed by atoms with Gasteiger partial charge < -0.3 is 9.80 Å². The molecule has 2 aromatic carbocycles. The largest absolute Gasteiger partial charge is 0.370 e. The monoisotopic (exact) mass is 336 g/mol. The Kier molecular flexibility index (Phi) is 5.80. The number of benzene rings is 2. The Morgan fingerprint density at radius 3 is 2.28 bits per heavy atom. The molecular formula is C23H32N2. The molecule has 0 saturated heterocycles. The van der Waals surface area contributed by atoms with Crippen LogP contribution in [-0.2, 0) is 5.41 Å². The third kappa shape index (κ3) is 3.46. The maximum Gasteiger partial charge on any atom is 0.0409 e. The van der Waals surface area contributed by atoms with Crippen LogP contribution in [0, 0.1) is 0 Å². The molecule has 2 aromatic rings. The molecule has 2 nitrogen and oxygen atoms in total. The van der Waals surface area contributed by atoms with E-state index in [9.17, 15) is 0 Å². The fraction of sp³-hybridized carbons (Fsp3) is 0.478. The van der Waals surface area contributed by atoms with Gasteiger partial charge in [-0.15, -0.1) is 0 Å². The Labute approximate surface area is 153 Å². The van der Waals surface area contributed by atoms with Gasteiger partial charge in [-0.1, -0.05) is 69.3 Å². The summed E-state index contributed by atoms with van der Waals surface area (Å²) in [7, 11) is 0. The van der Waals surface area contributed by atoms with E-state index in [1.54, 1.807) is 0 Å². The van der Waals surface area contributed by atoms with Gasteiger partial charge in [0.1, 0.15) is 0 Å². The molecular weight excluding hydrogens is 304 g/mol. The summed E-state index contributed by atoms with van der Waals surface area (Å²) in [6, 6.07) is 20.1. The number of hydrogen-bond donors (Lipinski definition) is 0. The highest BCUT2D eigenvalue weighted by molar-refractivity contribution is 5.66. The van der Waals surface area contributed by atoms with Gasteiger partial charge >= 0.3 is 0 Å². The standard InChI is InChI=1S/C23H32N2/c1-4-23(20-13-8-7-9-14-20)19-25(18-12-17-24(5-2)6-3)22-16-11-10-15-21(22)23/h7-11,13-16H,4-6,12,17-19H2,1-3H3. The van der Waals surface area contributed by atoms with Gasteiger partial charge in [0, 0.05) is 24.2 Å². The van der Waals surface area contributed by atoms with Crippen molar-refractivity contribution in [2.75, 3.05) is 37.6 Å². The highest BCUT2D eigenvalue weighted by atomic mass is 15.2. The molecule has 1 heterocycles. The zero-order valence-electron chi connectivity index (χ0n) is 16.0. The average Bonchev–Trinajstić information content (AvgIpc) is 3.01. The van der Waals surface area contributed by atoms with Crippen LogP contribution in [0.4, 0.5) is 5.69 Å². The Balaban J connectivity index is 1.84. The SMILES string of the molecule is CCN(CC)CCCN1CC(CC)(c2ccccc2)c2ccccc21. The molecule has 1 aliphatic heterocycles. The third-order valence-electron chi connectivity index (χ3n) is 5.95. The highest BCUT2D eigenvalue weighted by Gasteiger charge is 2.42. The molecule has 0 aromatic heterocycles. The van der Waals surface area contributed by atoms with Crippen LogP contribution in [-0.4, -0.2) is 37.6 Å². The molecule has 134 valence electrons. The van der Waals surface area contributed by atoms with Crippen LogP contribution in [0.25, 0.3) is 0 Å². The lowest BCUT2D eigenvalue weighted by molar-refractivity contribution is 0.300. The predicted octanol–water partition coefficient (Wildman–Crippen LogP) is 4.93. The number of anilines is 1. The van der Waals surface area contributed by atoms with Crippen LogP contribution < -0.4 is 4.90 Å². The van der Waals surface area contributed by atoms with Crippen molar-refractivity contribution >= 4 is 5.69 Å². The molecule has 2 heteroatoms. The minimum Gasteiger partial charge on any atom is -0.370 e. The van der Waals surface area contributed by atoms with Gasteiger partial charge in [0.25, 0.3) is 0 Å². The van der Waals surface area contributed by atoms with Crippen LogP contribution in [0.15, 0.2) is 54.6 Å². The van der Waals surface area contributed by atoms with Crippen LogP contribution in [0.1, 0.15) is 44.7 Å². The van der Waals surface area contributed by atoms with Crippen molar-refractivity contribution in [2.45, 2.75) is 39.0 Å². The van der Waals surface area contributed by atoms with E-state index in [-0.39, 0.29) is 5.41 Å². The molecule has 0 amide bonds. The van der Waals surface area contributed by atoms with Crippen LogP contribution in [0.3, 0.4) is 0 Å². The lowest BCUT2D eigenvalue weighted by Crippen LogP contribution is -2.35. The van der Waals surface area contributed by atoms with E-state index in [0.717, 1.165) is 32.6 Å². The quantitative estimate of drug-likeness (QED) is 0.674. The molecule has 0 bridgehead atoms. The maximum absolute atomic E-state index is 2.62. The smallest absolute Gasteiger partial charge is 0.0409 e. The highest BCUT2D eigenvalue weighted by Crippen LogP contribution is 2.47. The summed E-state index contributed by atoms with van der Waals surface area (Å²) in [5.74, 6) is 0. The molecule has 3 rings (SSSR count). The minimum atomic E-state index is 0.132. The molecule has 0 aliphatic carbocycles. The van der Waals surface area contributed by atoms with Crippen LogP contribution in [0.5, 0.6) is 0 Å². The van der Waals surface area contributed by atoms with Crippen LogP contribution in [0.2, 0.25) is 0 Å². The van der Waals surface area contributed by atoms with Crippen molar-refractivity contribution in [1.29, 1.82) is 0 Å². The lowest BCUT2D eigenvalue weighted by Gasteiger charge is -2.30. The molecule has 0 radical (unpaired) electrons. The number of hydrogen-bond acceptors (Lipinski definition) is 2. The molecule has 0 fully saturated rings. The first-order valence-corrected chi connectivity index (χ1v) is 9.87. The number of rotatable bonds is 8. The van der Waals surface area contributed by atoms with E-state index < -0.39 is 0 Å². The lowest BCUT2D eigenvalue weighted by atomic mass is 9.74. The van der Waals surface area contributed by atoms with Crippen molar-refractivity contribution in [2.24, 2.45) is 0 Å². The summed E-state index contributed by atoms with van der Waals surface area (Å²) in [5, 5.41) is 0. The van der Waals surface area contributed by atoms with Crippen molar-refractivity contribution in [1.82, 2.24) is 4.90 Å². The number of nitrogens with zero attached hydrogens (tertiary/aromatic N) is 2. The summed E-state index contributed by atoms with van der Waals surface area (Å²) >= 11 is 0. The molecule has 0 N–H and O–H groups in total. The van der Waals surface area contributed by atoms with E-state index in [0.29, 0.717) is 0 Å². The summed E-state index contributed by atoms with van der Waals surface area (Å²) in [5.41, 5.74) is 4.53. The second-order valence-corrected chi connectivity index (χ2v) is 7.12. The fourth-order valence-corrected chi connectivity index (χ4v) is 4.39. The summed E-state index contributed by atoms with van der Waals surface area (Å²) in [6.07, 6.45) is 2.37. The third-order valence-corrected chi connectivity index (χ3v) is 5.95. The van der Waals surface area contributed by atoms with Gasteiger partial charge in [0.05, 0.1) is 0 Å². The van der Waals surface area contributed by atoms with Crippen molar-refractivity contribution in [3.63, 3.8) is 0 Å². The van der Waals surface area contributed by atoms with Gasteiger partial charge in [0.2, 0.25) is 0 Å². The Bertz CT molecular complexity index is 663. The summed E-state index contributed by atoms with van der Waals surface area (Å²) in [6.45, 7) is 12.6. The summed E-state index contributed by atoms with van der Waals surface area (Å²) < 4.78 is 0. The van der Waals surface area contributed by atoms with Gasteiger partial charge in [-0.2, -0.15) is 0 Å². The Morgan fingerprint density at radius 2 is 1.60 bits per heavy atom. The van der Waals surface area contributed by atoms with E-state index in [4.69, 9.17) is 0 Å². The normalized spacial score (nSPS) is 19.4.